The van der Waals surface area contributed by atoms with E-state index in [4.69, 9.17) is 9.16 Å². The van der Waals surface area contributed by atoms with E-state index < -0.39 is 20.4 Å². The molecule has 0 bridgehead atoms. The van der Waals surface area contributed by atoms with Crippen LogP contribution in [0.4, 0.5) is 0 Å². The zero-order valence-electron chi connectivity index (χ0n) is 15.4. The molecule has 0 saturated carbocycles. The molecule has 136 valence electrons. The zero-order valence-corrected chi connectivity index (χ0v) is 16.4. The first kappa shape index (κ1) is 18.5. The van der Waals surface area contributed by atoms with Crippen LogP contribution in [0.15, 0.2) is 60.7 Å². The van der Waals surface area contributed by atoms with E-state index in [0.29, 0.717) is 0 Å². The Labute approximate surface area is 155 Å². The highest BCUT2D eigenvalue weighted by molar-refractivity contribution is 6.99. The molecule has 1 aliphatic rings. The number of carbonyl (C=O) groups is 2. The summed E-state index contributed by atoms with van der Waals surface area (Å²) in [6, 6.07) is 20.4. The van der Waals surface area contributed by atoms with Gasteiger partial charge in [0.1, 0.15) is 6.42 Å². The van der Waals surface area contributed by atoms with Crippen LogP contribution in [0, 0.1) is 0 Å². The Morgan fingerprint density at radius 2 is 1.46 bits per heavy atom. The predicted molar refractivity (Wildman–Crippen MR) is 103 cm³/mol. The highest BCUT2D eigenvalue weighted by Gasteiger charge is 2.51. The van der Waals surface area contributed by atoms with Crippen molar-refractivity contribution in [2.24, 2.45) is 0 Å². The van der Waals surface area contributed by atoms with Gasteiger partial charge in [-0.1, -0.05) is 81.4 Å². The summed E-state index contributed by atoms with van der Waals surface area (Å²) < 4.78 is 11.8. The molecule has 1 heterocycles. The van der Waals surface area contributed by atoms with Crippen LogP contribution in [-0.2, 0) is 18.8 Å². The van der Waals surface area contributed by atoms with Crippen LogP contribution >= 0.6 is 0 Å². The summed E-state index contributed by atoms with van der Waals surface area (Å²) in [4.78, 5) is 23.5. The molecule has 5 heteroatoms. The van der Waals surface area contributed by atoms with Crippen LogP contribution in [0.25, 0.3) is 0 Å². The van der Waals surface area contributed by atoms with E-state index in [-0.39, 0.29) is 23.8 Å². The maximum atomic E-state index is 12.0. The van der Waals surface area contributed by atoms with Gasteiger partial charge < -0.3 is 9.16 Å². The van der Waals surface area contributed by atoms with E-state index in [0.717, 1.165) is 10.4 Å². The normalized spacial score (nSPS) is 18.0. The largest absolute Gasteiger partial charge is 0.452 e. The number of benzene rings is 2. The minimum Gasteiger partial charge on any atom is -0.452 e. The van der Waals surface area contributed by atoms with Crippen LogP contribution in [0.2, 0.25) is 5.04 Å². The summed E-state index contributed by atoms with van der Waals surface area (Å²) in [6.45, 7) is 6.60. The second-order valence-corrected chi connectivity index (χ2v) is 11.9. The van der Waals surface area contributed by atoms with Gasteiger partial charge in [-0.2, -0.15) is 0 Å². The van der Waals surface area contributed by atoms with Crippen LogP contribution < -0.4 is 10.4 Å². The summed E-state index contributed by atoms with van der Waals surface area (Å²) in [6.07, 6.45) is -0.960. The predicted octanol–water partition coefficient (Wildman–Crippen LogP) is 2.45. The number of carbonyl (C=O) groups excluding carboxylic acids is 2. The van der Waals surface area contributed by atoms with E-state index in [9.17, 15) is 9.59 Å². The quantitative estimate of drug-likeness (QED) is 0.462. The summed E-state index contributed by atoms with van der Waals surface area (Å²) >= 11 is 0. The monoisotopic (exact) mass is 368 g/mol. The Kier molecular flexibility index (Phi) is 5.12. The molecule has 0 amide bonds. The van der Waals surface area contributed by atoms with Gasteiger partial charge in [0.25, 0.3) is 8.32 Å². The number of rotatable bonds is 5. The van der Waals surface area contributed by atoms with Gasteiger partial charge in [0.15, 0.2) is 11.9 Å². The molecule has 26 heavy (non-hydrogen) atoms. The molecule has 4 nitrogen and oxygen atoms in total. The van der Waals surface area contributed by atoms with Gasteiger partial charge in [0, 0.05) is 0 Å². The first-order valence-corrected chi connectivity index (χ1v) is 10.7. The smallest absolute Gasteiger partial charge is 0.314 e. The van der Waals surface area contributed by atoms with Crippen molar-refractivity contribution in [1.29, 1.82) is 0 Å². The van der Waals surface area contributed by atoms with E-state index in [2.05, 4.69) is 45.0 Å². The van der Waals surface area contributed by atoms with Crippen molar-refractivity contribution < 1.29 is 18.8 Å². The molecular weight excluding hydrogens is 344 g/mol. The molecular formula is C21H24O4Si. The van der Waals surface area contributed by atoms with Crippen molar-refractivity contribution in [1.82, 2.24) is 0 Å². The van der Waals surface area contributed by atoms with Crippen LogP contribution in [0.1, 0.15) is 27.2 Å². The Morgan fingerprint density at radius 1 is 0.962 bits per heavy atom. The summed E-state index contributed by atoms with van der Waals surface area (Å²) in [7, 11) is -2.71. The Morgan fingerprint density at radius 3 is 1.85 bits per heavy atom. The van der Waals surface area contributed by atoms with E-state index in [1.807, 2.05) is 36.4 Å². The van der Waals surface area contributed by atoms with Crippen molar-refractivity contribution in [3.05, 3.63) is 60.7 Å². The highest BCUT2D eigenvalue weighted by Crippen LogP contribution is 2.37. The topological polar surface area (TPSA) is 52.6 Å². The lowest BCUT2D eigenvalue weighted by molar-refractivity contribution is -0.143. The first-order chi connectivity index (χ1) is 12.3. The van der Waals surface area contributed by atoms with Crippen LogP contribution in [0.5, 0.6) is 0 Å². The van der Waals surface area contributed by atoms with E-state index in [1.54, 1.807) is 0 Å². The summed E-state index contributed by atoms with van der Waals surface area (Å²) in [5.41, 5.74) is 0. The van der Waals surface area contributed by atoms with Crippen molar-refractivity contribution in [2.45, 2.75) is 38.3 Å². The van der Waals surface area contributed by atoms with E-state index in [1.165, 1.54) is 0 Å². The van der Waals surface area contributed by atoms with Gasteiger partial charge in [-0.15, -0.1) is 0 Å². The average molecular weight is 369 g/mol. The number of Topliss-reactive ketones (excluding diaryl/α,β-unsaturated/α-hetero) is 1. The van der Waals surface area contributed by atoms with Crippen molar-refractivity contribution >= 4 is 30.4 Å². The number of cyclic esters (lactones) is 1. The molecule has 1 saturated heterocycles. The molecule has 1 atom stereocenters. The second kappa shape index (κ2) is 7.17. The molecule has 2 aromatic rings. The summed E-state index contributed by atoms with van der Waals surface area (Å²) in [5.74, 6) is -0.668. The number of hydrogen-bond donors (Lipinski definition) is 0. The first-order valence-electron chi connectivity index (χ1n) is 8.82. The molecule has 0 N–H and O–H groups in total. The Hall–Kier alpha value is -2.24. The molecule has 0 aromatic heterocycles. The fourth-order valence-corrected chi connectivity index (χ4v) is 8.17. The maximum absolute atomic E-state index is 12.0. The molecule has 2 aromatic carbocycles. The fourth-order valence-electron chi connectivity index (χ4n) is 3.61. The molecule has 1 aliphatic heterocycles. The SMILES string of the molecule is CC(C)(C)[Si](OCC1OC(=O)CC1=O)(c1ccccc1)c1ccccc1. The number of esters is 1. The molecule has 0 aliphatic carbocycles. The van der Waals surface area contributed by atoms with E-state index >= 15 is 0 Å². The maximum Gasteiger partial charge on any atom is 0.314 e. The lowest BCUT2D eigenvalue weighted by atomic mass is 10.2. The van der Waals surface area contributed by atoms with Crippen LogP contribution in [0.3, 0.4) is 0 Å². The number of hydrogen-bond acceptors (Lipinski definition) is 4. The zero-order chi connectivity index (χ0) is 18.8. The van der Waals surface area contributed by atoms with Gasteiger partial charge in [-0.25, -0.2) is 0 Å². The molecule has 0 radical (unpaired) electrons. The van der Waals surface area contributed by atoms with Gasteiger partial charge in [-0.05, 0) is 15.4 Å². The van der Waals surface area contributed by atoms with Gasteiger partial charge in [-0.3, -0.25) is 9.59 Å². The lowest BCUT2D eigenvalue weighted by Gasteiger charge is -2.43. The third-order valence-corrected chi connectivity index (χ3v) is 9.82. The minimum atomic E-state index is -2.71. The third-order valence-electron chi connectivity index (χ3n) is 4.82. The molecule has 1 fully saturated rings. The molecule has 3 rings (SSSR count). The number of ether oxygens (including phenoxy) is 1. The molecule has 1 unspecified atom stereocenters. The van der Waals surface area contributed by atoms with Gasteiger partial charge >= 0.3 is 5.97 Å². The van der Waals surface area contributed by atoms with Crippen molar-refractivity contribution in [3.8, 4) is 0 Å². The standard InChI is InChI=1S/C21H24O4Si/c1-21(2,3)26(16-10-6-4-7-11-16,17-12-8-5-9-13-17)24-15-19-18(22)14-20(23)25-19/h4-13,19H,14-15H2,1-3H3. The lowest BCUT2D eigenvalue weighted by Crippen LogP contribution is -2.67. The van der Waals surface area contributed by atoms with Crippen molar-refractivity contribution in [2.75, 3.05) is 6.61 Å². The fraction of sp³-hybridized carbons (Fsp3) is 0.333. The second-order valence-electron chi connectivity index (χ2n) is 7.60. The van der Waals surface area contributed by atoms with Crippen LogP contribution in [-0.4, -0.2) is 32.8 Å². The average Bonchev–Trinajstić information content (AvgIpc) is 2.94. The highest BCUT2D eigenvalue weighted by atomic mass is 28.4. The third kappa shape index (κ3) is 3.37. The van der Waals surface area contributed by atoms with Crippen molar-refractivity contribution in [3.63, 3.8) is 0 Å². The number of ketones is 1. The summed E-state index contributed by atoms with van der Waals surface area (Å²) in [5, 5.41) is 2.09. The minimum absolute atomic E-state index is 0.0951. The Bertz CT molecular complexity index is 741. The Balaban J connectivity index is 2.06. The van der Waals surface area contributed by atoms with Gasteiger partial charge in [0.2, 0.25) is 0 Å². The molecule has 0 spiro atoms. The van der Waals surface area contributed by atoms with Gasteiger partial charge in [0.05, 0.1) is 6.61 Å².